The fraction of sp³-hybridized carbons (Fsp3) is 0.250. The summed E-state index contributed by atoms with van der Waals surface area (Å²) in [6, 6.07) is 14.1. The van der Waals surface area contributed by atoms with Gasteiger partial charge in [-0.25, -0.2) is 8.42 Å². The van der Waals surface area contributed by atoms with E-state index in [2.05, 4.69) is 31.9 Å². The highest BCUT2D eigenvalue weighted by atomic mass is 32.2. The highest BCUT2D eigenvalue weighted by Gasteiger charge is 2.18. The molecule has 1 fully saturated rings. The van der Waals surface area contributed by atoms with Gasteiger partial charge in [-0.15, -0.1) is 10.2 Å². The van der Waals surface area contributed by atoms with E-state index < -0.39 is 10.0 Å². The maximum Gasteiger partial charge on any atom is 0.263 e. The third-order valence-electron chi connectivity index (χ3n) is 4.97. The highest BCUT2D eigenvalue weighted by Crippen LogP contribution is 2.22. The van der Waals surface area contributed by atoms with Crippen LogP contribution in [0.3, 0.4) is 0 Å². The maximum atomic E-state index is 12.4. The molecule has 1 aromatic carbocycles. The Hall–Kier alpha value is -3.04. The summed E-state index contributed by atoms with van der Waals surface area (Å²) >= 11 is 0. The van der Waals surface area contributed by atoms with Crippen molar-refractivity contribution in [2.24, 2.45) is 0 Å². The molecule has 150 valence electrons. The van der Waals surface area contributed by atoms with Crippen molar-refractivity contribution in [2.75, 3.05) is 42.8 Å². The first-order chi connectivity index (χ1) is 14.0. The van der Waals surface area contributed by atoms with Crippen LogP contribution in [0, 0.1) is 0 Å². The molecule has 1 saturated heterocycles. The minimum absolute atomic E-state index is 0.121. The summed E-state index contributed by atoms with van der Waals surface area (Å²) in [6.45, 7) is 4.15. The van der Waals surface area contributed by atoms with Gasteiger partial charge in [-0.3, -0.25) is 9.71 Å². The van der Waals surface area contributed by atoms with Crippen LogP contribution in [0.15, 0.2) is 65.8 Å². The van der Waals surface area contributed by atoms with Gasteiger partial charge in [0.1, 0.15) is 4.90 Å². The van der Waals surface area contributed by atoms with Crippen LogP contribution in [-0.4, -0.2) is 56.8 Å². The van der Waals surface area contributed by atoms with Crippen LogP contribution < -0.4 is 14.5 Å². The second-order valence-corrected chi connectivity index (χ2v) is 8.77. The first-order valence-corrected chi connectivity index (χ1v) is 10.9. The zero-order valence-corrected chi connectivity index (χ0v) is 16.9. The van der Waals surface area contributed by atoms with E-state index in [9.17, 15) is 8.42 Å². The quantitative estimate of drug-likeness (QED) is 0.641. The number of piperazine rings is 1. The van der Waals surface area contributed by atoms with Crippen LogP contribution in [0.4, 0.5) is 11.5 Å². The second-order valence-electron chi connectivity index (χ2n) is 7.09. The Labute approximate surface area is 170 Å². The first-order valence-electron chi connectivity index (χ1n) is 9.44. The van der Waals surface area contributed by atoms with E-state index in [1.807, 2.05) is 24.3 Å². The van der Waals surface area contributed by atoms with E-state index >= 15 is 0 Å². The molecule has 3 heterocycles. The number of sulfonamides is 1. The lowest BCUT2D eigenvalue weighted by molar-refractivity contribution is -0.880. The minimum Gasteiger partial charge on any atom is -0.344 e. The van der Waals surface area contributed by atoms with Gasteiger partial charge in [-0.1, -0.05) is 12.1 Å². The lowest BCUT2D eigenvalue weighted by Gasteiger charge is -2.30. The van der Waals surface area contributed by atoms with Gasteiger partial charge in [0.25, 0.3) is 10.0 Å². The average Bonchev–Trinajstić information content (AvgIpc) is 2.75. The number of pyridine rings is 1. The summed E-state index contributed by atoms with van der Waals surface area (Å²) in [4.78, 5) is 7.76. The predicted molar refractivity (Wildman–Crippen MR) is 111 cm³/mol. The molecule has 4 rings (SSSR count). The molecular weight excluding hydrogens is 388 g/mol. The SMILES string of the molecule is C[NH+]1CCN(c2ccc(-c3ccc(NS(=O)(=O)c4cccnc4)cc3)nn2)CC1. The van der Waals surface area contributed by atoms with Crippen LogP contribution in [0.2, 0.25) is 0 Å². The molecule has 3 aromatic rings. The number of quaternary nitrogens is 1. The van der Waals surface area contributed by atoms with Crippen molar-refractivity contribution in [3.63, 3.8) is 0 Å². The van der Waals surface area contributed by atoms with Gasteiger partial charge >= 0.3 is 0 Å². The second kappa shape index (κ2) is 8.14. The summed E-state index contributed by atoms with van der Waals surface area (Å²) in [5, 5.41) is 8.72. The van der Waals surface area contributed by atoms with Gasteiger partial charge in [0.05, 0.1) is 38.9 Å². The Morgan fingerprint density at radius 1 is 1.00 bits per heavy atom. The summed E-state index contributed by atoms with van der Waals surface area (Å²) in [5.74, 6) is 0.891. The third-order valence-corrected chi connectivity index (χ3v) is 6.34. The molecule has 0 saturated carbocycles. The van der Waals surface area contributed by atoms with Gasteiger partial charge in [-0.05, 0) is 36.4 Å². The van der Waals surface area contributed by atoms with Crippen molar-refractivity contribution in [3.05, 3.63) is 60.9 Å². The van der Waals surface area contributed by atoms with Crippen LogP contribution >= 0.6 is 0 Å². The van der Waals surface area contributed by atoms with Crippen molar-refractivity contribution in [1.29, 1.82) is 0 Å². The smallest absolute Gasteiger partial charge is 0.263 e. The predicted octanol–water partition coefficient (Wildman–Crippen LogP) is 0.674. The first kappa shape index (κ1) is 19.3. The van der Waals surface area contributed by atoms with Crippen molar-refractivity contribution >= 4 is 21.5 Å². The number of likely N-dealkylation sites (N-methyl/N-ethyl adjacent to an activating group) is 1. The summed E-state index contributed by atoms with van der Waals surface area (Å²) in [6.07, 6.45) is 2.85. The molecule has 0 amide bonds. The van der Waals surface area contributed by atoms with E-state index in [1.54, 1.807) is 18.2 Å². The molecule has 0 bridgehead atoms. The normalized spacial score (nSPS) is 15.3. The topological polar surface area (TPSA) is 92.5 Å². The van der Waals surface area contributed by atoms with Crippen LogP contribution in [0.5, 0.6) is 0 Å². The van der Waals surface area contributed by atoms with Gasteiger partial charge in [0, 0.05) is 23.6 Å². The molecular formula is C20H23N6O2S+. The van der Waals surface area contributed by atoms with Crippen molar-refractivity contribution in [3.8, 4) is 11.3 Å². The number of benzene rings is 1. The fourth-order valence-electron chi connectivity index (χ4n) is 3.19. The molecule has 29 heavy (non-hydrogen) atoms. The largest absolute Gasteiger partial charge is 0.344 e. The standard InChI is InChI=1S/C20H22N6O2S/c1-25-11-13-26(14-12-25)20-9-8-19(22-23-20)16-4-6-17(7-5-16)24-29(27,28)18-3-2-10-21-15-18/h2-10,15,24H,11-14H2,1H3/p+1. The molecule has 0 spiro atoms. The monoisotopic (exact) mass is 411 g/mol. The van der Waals surface area contributed by atoms with Crippen LogP contribution in [0.25, 0.3) is 11.3 Å². The Morgan fingerprint density at radius 2 is 1.76 bits per heavy atom. The number of hydrogen-bond donors (Lipinski definition) is 2. The number of nitrogens with one attached hydrogen (secondary N) is 2. The van der Waals surface area contributed by atoms with Crippen LogP contribution in [-0.2, 0) is 10.0 Å². The van der Waals surface area contributed by atoms with E-state index in [0.717, 1.165) is 43.3 Å². The lowest BCUT2D eigenvalue weighted by Crippen LogP contribution is -3.12. The zero-order valence-electron chi connectivity index (χ0n) is 16.1. The number of anilines is 2. The Kier molecular flexibility index (Phi) is 5.41. The number of aromatic nitrogens is 3. The van der Waals surface area contributed by atoms with Crippen molar-refractivity contribution in [2.45, 2.75) is 4.90 Å². The van der Waals surface area contributed by atoms with E-state index in [1.165, 1.54) is 23.4 Å². The molecule has 0 atom stereocenters. The van der Waals surface area contributed by atoms with Gasteiger partial charge in [-0.2, -0.15) is 0 Å². The average molecular weight is 412 g/mol. The summed E-state index contributed by atoms with van der Waals surface area (Å²) in [7, 11) is -1.46. The van der Waals surface area contributed by atoms with Crippen molar-refractivity contribution in [1.82, 2.24) is 15.2 Å². The molecule has 1 aliphatic rings. The maximum absolute atomic E-state index is 12.4. The number of hydrogen-bond acceptors (Lipinski definition) is 6. The fourth-order valence-corrected chi connectivity index (χ4v) is 4.22. The highest BCUT2D eigenvalue weighted by molar-refractivity contribution is 7.92. The molecule has 2 N–H and O–H groups in total. The van der Waals surface area contributed by atoms with Gasteiger partial charge in [0.15, 0.2) is 5.82 Å². The van der Waals surface area contributed by atoms with E-state index in [0.29, 0.717) is 5.69 Å². The molecule has 0 radical (unpaired) electrons. The number of nitrogens with zero attached hydrogens (tertiary/aromatic N) is 4. The van der Waals surface area contributed by atoms with Gasteiger partial charge < -0.3 is 9.80 Å². The molecule has 1 aliphatic heterocycles. The van der Waals surface area contributed by atoms with Crippen LogP contribution in [0.1, 0.15) is 0 Å². The molecule has 2 aromatic heterocycles. The summed E-state index contributed by atoms with van der Waals surface area (Å²) in [5.41, 5.74) is 2.09. The third kappa shape index (κ3) is 4.52. The van der Waals surface area contributed by atoms with Crippen molar-refractivity contribution < 1.29 is 13.3 Å². The number of rotatable bonds is 5. The van der Waals surface area contributed by atoms with E-state index in [4.69, 9.17) is 0 Å². The molecule has 8 nitrogen and oxygen atoms in total. The molecule has 0 aliphatic carbocycles. The Morgan fingerprint density at radius 3 is 2.38 bits per heavy atom. The van der Waals surface area contributed by atoms with E-state index in [-0.39, 0.29) is 4.90 Å². The molecule has 0 unspecified atom stereocenters. The zero-order chi connectivity index (χ0) is 20.3. The van der Waals surface area contributed by atoms with Gasteiger partial charge in [0.2, 0.25) is 0 Å². The minimum atomic E-state index is -3.66. The lowest BCUT2D eigenvalue weighted by atomic mass is 10.1. The Bertz CT molecular complexity index is 1050. The molecule has 9 heteroatoms. The Balaban J connectivity index is 1.45. The summed E-state index contributed by atoms with van der Waals surface area (Å²) < 4.78 is 27.3.